The quantitative estimate of drug-likeness (QED) is 0.381. The van der Waals surface area contributed by atoms with E-state index in [4.69, 9.17) is 4.74 Å². The zero-order valence-electron chi connectivity index (χ0n) is 20.6. The maximum atomic E-state index is 11.1. The molecule has 0 saturated carbocycles. The number of phenolic OH excluding ortho intramolecular Hbond substituents is 1. The van der Waals surface area contributed by atoms with E-state index in [0.717, 1.165) is 35.2 Å². The molecule has 1 heterocycles. The van der Waals surface area contributed by atoms with Crippen molar-refractivity contribution in [3.63, 3.8) is 0 Å². The topological polar surface area (TPSA) is 60.2 Å². The minimum atomic E-state index is -0.213. The van der Waals surface area contributed by atoms with E-state index >= 15 is 0 Å². The van der Waals surface area contributed by atoms with Crippen LogP contribution in [0.4, 0.5) is 0 Å². The fraction of sp³-hybridized carbons (Fsp3) is 0.556. The minimum absolute atomic E-state index is 0.198. The first-order valence-corrected chi connectivity index (χ1v) is 12.0. The number of rotatable bonds is 10. The molecule has 2 atom stereocenters. The molecular formula is C27H39N3O2. The third kappa shape index (κ3) is 5.69. The Bertz CT molecular complexity index is 986. The molecule has 5 heteroatoms. The van der Waals surface area contributed by atoms with Crippen molar-refractivity contribution in [2.75, 3.05) is 13.2 Å². The smallest absolute Gasteiger partial charge is 0.146 e. The van der Waals surface area contributed by atoms with Crippen LogP contribution in [0.2, 0.25) is 0 Å². The SMILES string of the molecule is CCCCC(CC)COCC(C)c1cc(-n2nc3ccccc3n2)c(O)c(C(C)(C)C)c1. The number of nitrogens with zero attached hydrogens (tertiary/aromatic N) is 3. The van der Waals surface area contributed by atoms with Gasteiger partial charge in [-0.3, -0.25) is 0 Å². The van der Waals surface area contributed by atoms with Gasteiger partial charge in [-0.05, 0) is 41.5 Å². The molecule has 1 N–H and O–H groups in total. The standard InChI is InChI=1S/C27H39N3O2/c1-7-9-12-20(8-2)18-32-17-19(3)21-15-22(27(4,5)6)26(31)25(16-21)30-28-23-13-10-11-14-24(23)29-30/h10-11,13-16,19-20,31H,7-9,12,17-18H2,1-6H3. The molecule has 0 aliphatic heterocycles. The number of benzene rings is 2. The summed E-state index contributed by atoms with van der Waals surface area (Å²) in [6.45, 7) is 14.5. The van der Waals surface area contributed by atoms with Gasteiger partial charge in [-0.25, -0.2) is 0 Å². The molecular weight excluding hydrogens is 398 g/mol. The lowest BCUT2D eigenvalue weighted by Gasteiger charge is -2.25. The van der Waals surface area contributed by atoms with Crippen LogP contribution in [0.5, 0.6) is 5.75 Å². The van der Waals surface area contributed by atoms with Crippen LogP contribution in [0.15, 0.2) is 36.4 Å². The highest BCUT2D eigenvalue weighted by atomic mass is 16.5. The van der Waals surface area contributed by atoms with Crippen LogP contribution < -0.4 is 0 Å². The fourth-order valence-electron chi connectivity index (χ4n) is 4.02. The van der Waals surface area contributed by atoms with Gasteiger partial charge in [0.05, 0.1) is 6.61 Å². The molecule has 0 amide bonds. The van der Waals surface area contributed by atoms with Crippen molar-refractivity contribution in [3.8, 4) is 11.4 Å². The van der Waals surface area contributed by atoms with Gasteiger partial charge in [0.15, 0.2) is 0 Å². The second-order valence-electron chi connectivity index (χ2n) is 10.0. The lowest BCUT2D eigenvalue weighted by atomic mass is 9.83. The van der Waals surface area contributed by atoms with Crippen molar-refractivity contribution >= 4 is 11.0 Å². The first kappa shape index (κ1) is 24.2. The number of aromatic hydroxyl groups is 1. The highest BCUT2D eigenvalue weighted by Crippen LogP contribution is 2.38. The second-order valence-corrected chi connectivity index (χ2v) is 10.0. The average molecular weight is 438 g/mol. The van der Waals surface area contributed by atoms with E-state index in [2.05, 4.69) is 57.8 Å². The molecule has 5 nitrogen and oxygen atoms in total. The predicted octanol–water partition coefficient (Wildman–Crippen LogP) is 6.76. The molecule has 0 saturated heterocycles. The van der Waals surface area contributed by atoms with E-state index in [-0.39, 0.29) is 17.1 Å². The molecule has 1 aromatic heterocycles. The third-order valence-electron chi connectivity index (χ3n) is 6.26. The average Bonchev–Trinajstić information content (AvgIpc) is 3.19. The van der Waals surface area contributed by atoms with Crippen LogP contribution in [0.25, 0.3) is 16.7 Å². The first-order chi connectivity index (χ1) is 15.2. The molecule has 32 heavy (non-hydrogen) atoms. The van der Waals surface area contributed by atoms with Crippen LogP contribution in [0.1, 0.15) is 84.3 Å². The number of unbranched alkanes of at least 4 members (excludes halogenated alkanes) is 1. The van der Waals surface area contributed by atoms with Crippen molar-refractivity contribution in [2.45, 2.75) is 78.6 Å². The summed E-state index contributed by atoms with van der Waals surface area (Å²) in [5.74, 6) is 1.06. The normalized spacial score (nSPS) is 14.1. The van der Waals surface area contributed by atoms with Crippen LogP contribution in [0.3, 0.4) is 0 Å². The molecule has 0 aliphatic carbocycles. The van der Waals surface area contributed by atoms with E-state index in [0.29, 0.717) is 18.2 Å². The van der Waals surface area contributed by atoms with Gasteiger partial charge in [-0.1, -0.05) is 79.0 Å². The molecule has 0 radical (unpaired) electrons. The van der Waals surface area contributed by atoms with Crippen molar-refractivity contribution < 1.29 is 9.84 Å². The van der Waals surface area contributed by atoms with Gasteiger partial charge in [0.25, 0.3) is 0 Å². The van der Waals surface area contributed by atoms with Gasteiger partial charge >= 0.3 is 0 Å². The summed E-state index contributed by atoms with van der Waals surface area (Å²) in [6.07, 6.45) is 4.88. The van der Waals surface area contributed by atoms with E-state index in [1.807, 2.05) is 30.3 Å². The van der Waals surface area contributed by atoms with Crippen LogP contribution >= 0.6 is 0 Å². The fourth-order valence-corrected chi connectivity index (χ4v) is 4.02. The molecule has 0 bridgehead atoms. The second kappa shape index (κ2) is 10.5. The summed E-state index contributed by atoms with van der Waals surface area (Å²) in [5.41, 5.74) is 4.05. The Balaban J connectivity index is 1.88. The summed E-state index contributed by atoms with van der Waals surface area (Å²) in [5, 5.41) is 20.4. The summed E-state index contributed by atoms with van der Waals surface area (Å²) in [7, 11) is 0. The number of ether oxygens (including phenoxy) is 1. The van der Waals surface area contributed by atoms with Crippen molar-refractivity contribution in [1.82, 2.24) is 15.0 Å². The first-order valence-electron chi connectivity index (χ1n) is 12.0. The highest BCUT2D eigenvalue weighted by Gasteiger charge is 2.24. The third-order valence-corrected chi connectivity index (χ3v) is 6.26. The summed E-state index contributed by atoms with van der Waals surface area (Å²) >= 11 is 0. The lowest BCUT2D eigenvalue weighted by molar-refractivity contribution is 0.0856. The van der Waals surface area contributed by atoms with E-state index in [1.54, 1.807) is 4.80 Å². The Kier molecular flexibility index (Phi) is 7.94. The van der Waals surface area contributed by atoms with Crippen LogP contribution in [-0.4, -0.2) is 33.3 Å². The Morgan fingerprint density at radius 1 is 1.03 bits per heavy atom. The number of aromatic nitrogens is 3. The molecule has 0 aliphatic rings. The van der Waals surface area contributed by atoms with Gasteiger partial charge in [-0.2, -0.15) is 0 Å². The van der Waals surface area contributed by atoms with E-state index in [9.17, 15) is 5.11 Å². The molecule has 0 spiro atoms. The van der Waals surface area contributed by atoms with E-state index in [1.165, 1.54) is 19.3 Å². The van der Waals surface area contributed by atoms with Crippen molar-refractivity contribution in [2.24, 2.45) is 5.92 Å². The molecule has 3 aromatic rings. The van der Waals surface area contributed by atoms with Gasteiger partial charge < -0.3 is 9.84 Å². The summed E-state index contributed by atoms with van der Waals surface area (Å²) in [6, 6.07) is 11.9. The maximum Gasteiger partial charge on any atom is 0.146 e. The molecule has 2 unspecified atom stereocenters. The Labute approximate surface area is 192 Å². The Morgan fingerprint density at radius 2 is 1.69 bits per heavy atom. The Morgan fingerprint density at radius 3 is 2.25 bits per heavy atom. The van der Waals surface area contributed by atoms with Gasteiger partial charge in [-0.15, -0.1) is 15.0 Å². The zero-order valence-corrected chi connectivity index (χ0v) is 20.6. The Hall–Kier alpha value is -2.40. The highest BCUT2D eigenvalue weighted by molar-refractivity contribution is 5.73. The lowest BCUT2D eigenvalue weighted by Crippen LogP contribution is -2.16. The van der Waals surface area contributed by atoms with E-state index < -0.39 is 0 Å². The number of fused-ring (bicyclic) bond motifs is 1. The molecule has 0 fully saturated rings. The number of phenols is 1. The summed E-state index contributed by atoms with van der Waals surface area (Å²) in [4.78, 5) is 1.56. The largest absolute Gasteiger partial charge is 0.505 e. The molecule has 2 aromatic carbocycles. The van der Waals surface area contributed by atoms with Gasteiger partial charge in [0, 0.05) is 18.1 Å². The predicted molar refractivity (Wildman–Crippen MR) is 132 cm³/mol. The maximum absolute atomic E-state index is 11.1. The molecule has 174 valence electrons. The molecule has 3 rings (SSSR count). The van der Waals surface area contributed by atoms with Gasteiger partial charge in [0.2, 0.25) is 0 Å². The van der Waals surface area contributed by atoms with Crippen LogP contribution in [0, 0.1) is 5.92 Å². The van der Waals surface area contributed by atoms with Gasteiger partial charge in [0.1, 0.15) is 22.5 Å². The van der Waals surface area contributed by atoms with Crippen molar-refractivity contribution in [1.29, 1.82) is 0 Å². The summed E-state index contributed by atoms with van der Waals surface area (Å²) < 4.78 is 6.15. The number of hydrogen-bond acceptors (Lipinski definition) is 4. The number of hydrogen-bond donors (Lipinski definition) is 1. The van der Waals surface area contributed by atoms with Crippen LogP contribution in [-0.2, 0) is 10.2 Å². The zero-order chi connectivity index (χ0) is 23.3. The minimum Gasteiger partial charge on any atom is -0.505 e. The van der Waals surface area contributed by atoms with Crippen molar-refractivity contribution in [3.05, 3.63) is 47.5 Å². The monoisotopic (exact) mass is 437 g/mol.